The highest BCUT2D eigenvalue weighted by Gasteiger charge is 2.20. The van der Waals surface area contributed by atoms with Crippen LogP contribution in [0.4, 0.5) is 0 Å². The van der Waals surface area contributed by atoms with Gasteiger partial charge in [0.05, 0.1) is 18.8 Å². The first-order valence-corrected chi connectivity index (χ1v) is 7.55. The number of aliphatic hydroxyl groups excluding tert-OH is 1. The van der Waals surface area contributed by atoms with Crippen LogP contribution in [0.3, 0.4) is 0 Å². The lowest BCUT2D eigenvalue weighted by Crippen LogP contribution is -2.48. The molecule has 1 rings (SSSR count). The molecule has 0 saturated carbocycles. The van der Waals surface area contributed by atoms with Gasteiger partial charge in [-0.25, -0.2) is 0 Å². The summed E-state index contributed by atoms with van der Waals surface area (Å²) in [6.07, 6.45) is -0.492. The molecule has 0 aliphatic heterocycles. The van der Waals surface area contributed by atoms with Gasteiger partial charge in [0.2, 0.25) is 0 Å². The van der Waals surface area contributed by atoms with Gasteiger partial charge in [-0.15, -0.1) is 0 Å². The van der Waals surface area contributed by atoms with E-state index in [0.717, 1.165) is 12.1 Å². The molecule has 2 atom stereocenters. The van der Waals surface area contributed by atoms with Gasteiger partial charge in [0, 0.05) is 18.6 Å². The summed E-state index contributed by atoms with van der Waals surface area (Å²) in [6, 6.07) is 10.1. The Bertz CT molecular complexity index is 393. The van der Waals surface area contributed by atoms with Gasteiger partial charge < -0.3 is 20.1 Å². The minimum atomic E-state index is -0.492. The molecule has 0 aliphatic carbocycles. The summed E-state index contributed by atoms with van der Waals surface area (Å²) >= 11 is 0. The van der Waals surface area contributed by atoms with Crippen LogP contribution in [-0.2, 0) is 4.74 Å². The lowest BCUT2D eigenvalue weighted by Gasteiger charge is -2.33. The van der Waals surface area contributed by atoms with E-state index < -0.39 is 6.10 Å². The zero-order valence-electron chi connectivity index (χ0n) is 14.0. The molecule has 120 valence electrons. The van der Waals surface area contributed by atoms with Crippen molar-refractivity contribution in [2.24, 2.45) is 0 Å². The summed E-state index contributed by atoms with van der Waals surface area (Å²) in [7, 11) is 4.12. The van der Waals surface area contributed by atoms with Crippen LogP contribution in [0.1, 0.15) is 32.4 Å². The number of hydrogen-bond donors (Lipinski definition) is 2. The van der Waals surface area contributed by atoms with E-state index in [1.54, 1.807) is 0 Å². The van der Waals surface area contributed by atoms with Crippen molar-refractivity contribution in [1.29, 1.82) is 0 Å². The van der Waals surface area contributed by atoms with Crippen molar-refractivity contribution in [1.82, 2.24) is 10.2 Å². The number of aliphatic hydroxyl groups is 1. The lowest BCUT2D eigenvalue weighted by atomic mass is 10.0. The van der Waals surface area contributed by atoms with E-state index in [1.165, 1.54) is 0 Å². The van der Waals surface area contributed by atoms with Crippen LogP contribution >= 0.6 is 0 Å². The zero-order valence-corrected chi connectivity index (χ0v) is 14.0. The fourth-order valence-electron chi connectivity index (χ4n) is 1.84. The third kappa shape index (κ3) is 6.57. The molecule has 0 heterocycles. The summed E-state index contributed by atoms with van der Waals surface area (Å²) in [4.78, 5) is 2.17. The van der Waals surface area contributed by atoms with E-state index in [0.29, 0.717) is 13.2 Å². The summed E-state index contributed by atoms with van der Waals surface area (Å²) < 4.78 is 5.72. The summed E-state index contributed by atoms with van der Waals surface area (Å²) in [5.74, 6) is 0. The molecule has 0 spiro atoms. The average molecular weight is 294 g/mol. The predicted molar refractivity (Wildman–Crippen MR) is 87.5 cm³/mol. The van der Waals surface area contributed by atoms with Crippen LogP contribution in [0.25, 0.3) is 0 Å². The topological polar surface area (TPSA) is 44.7 Å². The molecule has 1 aromatic rings. The Hall–Kier alpha value is -0.940. The van der Waals surface area contributed by atoms with E-state index in [9.17, 15) is 5.11 Å². The van der Waals surface area contributed by atoms with E-state index in [2.05, 4.69) is 38.2 Å². The number of benzene rings is 1. The Kier molecular flexibility index (Phi) is 7.32. The van der Waals surface area contributed by atoms with Crippen molar-refractivity contribution in [2.45, 2.75) is 38.5 Å². The quantitative estimate of drug-likeness (QED) is 0.732. The molecule has 2 N–H and O–H groups in total. The SMILES string of the molecule is CC(OCC(O)CNCC(C)(C)N(C)C)c1ccccc1. The van der Waals surface area contributed by atoms with Gasteiger partial charge >= 0.3 is 0 Å². The summed E-state index contributed by atoms with van der Waals surface area (Å²) in [6.45, 7) is 8.04. The molecule has 0 aliphatic rings. The van der Waals surface area contributed by atoms with Crippen LogP contribution in [0.2, 0.25) is 0 Å². The molecule has 0 fully saturated rings. The first-order chi connectivity index (χ1) is 9.83. The molecule has 2 unspecified atom stereocenters. The second kappa shape index (κ2) is 8.49. The molecule has 0 amide bonds. The maximum atomic E-state index is 9.98. The summed E-state index contributed by atoms with van der Waals surface area (Å²) in [5, 5.41) is 13.3. The second-order valence-electron chi connectivity index (χ2n) is 6.38. The van der Waals surface area contributed by atoms with Gasteiger partial charge in [0.1, 0.15) is 0 Å². The van der Waals surface area contributed by atoms with Crippen molar-refractivity contribution in [3.63, 3.8) is 0 Å². The molecule has 0 aromatic heterocycles. The maximum Gasteiger partial charge on any atom is 0.0897 e. The molecule has 0 saturated heterocycles. The van der Waals surface area contributed by atoms with Gasteiger partial charge in [-0.1, -0.05) is 30.3 Å². The molecule has 4 heteroatoms. The number of nitrogens with zero attached hydrogens (tertiary/aromatic N) is 1. The van der Waals surface area contributed by atoms with Crippen molar-refractivity contribution in [2.75, 3.05) is 33.8 Å². The fraction of sp³-hybridized carbons (Fsp3) is 0.647. The molecular formula is C17H30N2O2. The largest absolute Gasteiger partial charge is 0.389 e. The Balaban J connectivity index is 2.24. The van der Waals surface area contributed by atoms with Crippen molar-refractivity contribution < 1.29 is 9.84 Å². The van der Waals surface area contributed by atoms with E-state index in [-0.39, 0.29) is 11.6 Å². The van der Waals surface area contributed by atoms with Crippen molar-refractivity contribution >= 4 is 0 Å². The Morgan fingerprint density at radius 2 is 1.86 bits per heavy atom. The van der Waals surface area contributed by atoms with E-state index in [4.69, 9.17) is 4.74 Å². The van der Waals surface area contributed by atoms with Crippen LogP contribution in [-0.4, -0.2) is 55.4 Å². The highest BCUT2D eigenvalue weighted by Crippen LogP contribution is 2.15. The molecule has 1 aromatic carbocycles. The number of ether oxygens (including phenoxy) is 1. The highest BCUT2D eigenvalue weighted by atomic mass is 16.5. The van der Waals surface area contributed by atoms with Gasteiger partial charge in [-0.2, -0.15) is 0 Å². The second-order valence-corrected chi connectivity index (χ2v) is 6.38. The average Bonchev–Trinajstić information content (AvgIpc) is 2.45. The summed E-state index contributed by atoms with van der Waals surface area (Å²) in [5.41, 5.74) is 1.20. The predicted octanol–water partition coefficient (Wildman–Crippen LogP) is 2.05. The van der Waals surface area contributed by atoms with Crippen LogP contribution < -0.4 is 5.32 Å². The van der Waals surface area contributed by atoms with Gasteiger partial charge in [0.25, 0.3) is 0 Å². The monoisotopic (exact) mass is 294 g/mol. The van der Waals surface area contributed by atoms with Gasteiger partial charge in [-0.05, 0) is 40.4 Å². The fourth-order valence-corrected chi connectivity index (χ4v) is 1.84. The first kappa shape index (κ1) is 18.1. The van der Waals surface area contributed by atoms with E-state index >= 15 is 0 Å². The van der Waals surface area contributed by atoms with Gasteiger partial charge in [-0.3, -0.25) is 0 Å². The zero-order chi connectivity index (χ0) is 15.9. The van der Waals surface area contributed by atoms with Crippen LogP contribution in [0.5, 0.6) is 0 Å². The molecule has 0 bridgehead atoms. The molecule has 21 heavy (non-hydrogen) atoms. The third-order valence-electron chi connectivity index (χ3n) is 3.96. The molecule has 0 radical (unpaired) electrons. The van der Waals surface area contributed by atoms with Crippen molar-refractivity contribution in [3.05, 3.63) is 35.9 Å². The Morgan fingerprint density at radius 1 is 1.24 bits per heavy atom. The Labute approximate surface area is 129 Å². The number of hydrogen-bond acceptors (Lipinski definition) is 4. The normalized spacial score (nSPS) is 15.2. The Morgan fingerprint density at radius 3 is 2.43 bits per heavy atom. The highest BCUT2D eigenvalue weighted by molar-refractivity contribution is 5.16. The van der Waals surface area contributed by atoms with Crippen molar-refractivity contribution in [3.8, 4) is 0 Å². The third-order valence-corrected chi connectivity index (χ3v) is 3.96. The van der Waals surface area contributed by atoms with Crippen LogP contribution in [0, 0.1) is 0 Å². The molecular weight excluding hydrogens is 264 g/mol. The number of nitrogens with one attached hydrogen (secondary N) is 1. The van der Waals surface area contributed by atoms with Crippen LogP contribution in [0.15, 0.2) is 30.3 Å². The lowest BCUT2D eigenvalue weighted by molar-refractivity contribution is -0.00293. The number of rotatable bonds is 9. The van der Waals surface area contributed by atoms with Gasteiger partial charge in [0.15, 0.2) is 0 Å². The number of likely N-dealkylation sites (N-methyl/N-ethyl adjacent to an activating group) is 1. The van der Waals surface area contributed by atoms with E-state index in [1.807, 2.05) is 37.3 Å². The minimum Gasteiger partial charge on any atom is -0.389 e. The standard InChI is InChI=1S/C17H30N2O2/c1-14(15-9-7-6-8-10-15)21-12-16(20)11-18-13-17(2,3)19(4)5/h6-10,14,16,18,20H,11-13H2,1-5H3. The smallest absolute Gasteiger partial charge is 0.0897 e. The molecule has 4 nitrogen and oxygen atoms in total. The first-order valence-electron chi connectivity index (χ1n) is 7.55. The minimum absolute atomic E-state index is 0.000865. The maximum absolute atomic E-state index is 9.98.